The monoisotopic (exact) mass is 448 g/mol. The van der Waals surface area contributed by atoms with E-state index < -0.39 is 0 Å². The van der Waals surface area contributed by atoms with Crippen LogP contribution in [0.1, 0.15) is 87.1 Å². The Labute approximate surface area is 194 Å². The third kappa shape index (κ3) is 7.47. The zero-order valence-corrected chi connectivity index (χ0v) is 20.0. The number of rotatable bonds is 11. The topological polar surface area (TPSA) is 61.4 Å². The zero-order chi connectivity index (χ0) is 21.4. The van der Waals surface area contributed by atoms with Crippen molar-refractivity contribution in [1.29, 1.82) is 0 Å². The predicted molar refractivity (Wildman–Crippen MR) is 129 cm³/mol. The lowest BCUT2D eigenvalue weighted by molar-refractivity contribution is 0.0681. The molecule has 1 atom stereocenters. The van der Waals surface area contributed by atoms with Gasteiger partial charge in [-0.15, -0.1) is 0 Å². The lowest BCUT2D eigenvalue weighted by Crippen LogP contribution is -2.43. The van der Waals surface area contributed by atoms with Crippen molar-refractivity contribution in [2.24, 2.45) is 11.3 Å². The van der Waals surface area contributed by atoms with Crippen molar-refractivity contribution in [3.8, 4) is 0 Å². The Bertz CT molecular complexity index is 684. The number of hydrogen-bond acceptors (Lipinski definition) is 3. The van der Waals surface area contributed by atoms with Gasteiger partial charge >= 0.3 is 0 Å². The molecule has 5 heteroatoms. The van der Waals surface area contributed by atoms with Gasteiger partial charge in [0.2, 0.25) is 0 Å². The minimum absolute atomic E-state index is 0. The van der Waals surface area contributed by atoms with Crippen molar-refractivity contribution in [2.45, 2.75) is 83.6 Å². The van der Waals surface area contributed by atoms with Crippen molar-refractivity contribution >= 4 is 17.5 Å². The number of aliphatic hydroxyl groups excluding tert-OH is 1. The summed E-state index contributed by atoms with van der Waals surface area (Å²) in [5, 5.41) is 16.4. The molecule has 31 heavy (non-hydrogen) atoms. The van der Waals surface area contributed by atoms with Gasteiger partial charge in [-0.3, -0.25) is 4.79 Å². The molecule has 2 fully saturated rings. The molecular formula is C26H41ClN2O2. The molecule has 1 aromatic carbocycles. The van der Waals surface area contributed by atoms with Crippen molar-refractivity contribution in [1.82, 2.24) is 10.6 Å². The van der Waals surface area contributed by atoms with Gasteiger partial charge in [0, 0.05) is 19.2 Å². The van der Waals surface area contributed by atoms with Crippen molar-refractivity contribution in [2.75, 3.05) is 19.7 Å². The second-order valence-electron chi connectivity index (χ2n) is 9.53. The SMILES string of the molecule is CCC(CCO)NCCCc1ccc(Cl)c(C(=O)NCC23CCCC(CCC2)C3)c1.[CH2]. The normalized spacial score (nSPS) is 23.6. The molecule has 0 spiro atoms. The van der Waals surface area contributed by atoms with E-state index in [2.05, 4.69) is 17.6 Å². The van der Waals surface area contributed by atoms with E-state index in [9.17, 15) is 4.79 Å². The van der Waals surface area contributed by atoms with Gasteiger partial charge in [0.15, 0.2) is 0 Å². The van der Waals surface area contributed by atoms with Crippen LogP contribution in [-0.2, 0) is 6.42 Å². The van der Waals surface area contributed by atoms with Gasteiger partial charge in [-0.1, -0.05) is 57.7 Å². The molecule has 3 rings (SSSR count). The summed E-state index contributed by atoms with van der Waals surface area (Å²) in [4.78, 5) is 12.9. The Morgan fingerprint density at radius 2 is 2.03 bits per heavy atom. The molecule has 2 saturated carbocycles. The number of aryl methyl sites for hydroxylation is 1. The molecule has 2 bridgehead atoms. The Kier molecular flexibility index (Phi) is 10.8. The molecule has 1 unspecified atom stereocenters. The highest BCUT2D eigenvalue weighted by atomic mass is 35.5. The number of hydrogen-bond donors (Lipinski definition) is 3. The van der Waals surface area contributed by atoms with Gasteiger partial charge in [0.25, 0.3) is 5.91 Å². The number of carbonyl (C=O) groups is 1. The molecule has 0 saturated heterocycles. The second-order valence-corrected chi connectivity index (χ2v) is 9.93. The summed E-state index contributed by atoms with van der Waals surface area (Å²) in [5.41, 5.74) is 2.07. The number of carbonyl (C=O) groups excluding carboxylic acids is 1. The predicted octanol–water partition coefficient (Wildman–Crippen LogP) is 5.44. The van der Waals surface area contributed by atoms with Gasteiger partial charge < -0.3 is 15.7 Å². The quantitative estimate of drug-likeness (QED) is 0.395. The average Bonchev–Trinajstić information content (AvgIpc) is 2.75. The first-order valence-electron chi connectivity index (χ1n) is 12.0. The summed E-state index contributed by atoms with van der Waals surface area (Å²) in [6.45, 7) is 4.06. The van der Waals surface area contributed by atoms with E-state index in [4.69, 9.17) is 16.7 Å². The van der Waals surface area contributed by atoms with Crippen LogP contribution in [-0.4, -0.2) is 36.8 Å². The van der Waals surface area contributed by atoms with Crippen LogP contribution in [0.15, 0.2) is 18.2 Å². The first kappa shape index (κ1) is 26.2. The molecule has 1 amide bonds. The number of halogens is 1. The minimum atomic E-state index is -0.0314. The van der Waals surface area contributed by atoms with Crippen LogP contribution in [0.25, 0.3) is 0 Å². The summed E-state index contributed by atoms with van der Waals surface area (Å²) in [5.74, 6) is 0.839. The fourth-order valence-electron chi connectivity index (χ4n) is 5.54. The van der Waals surface area contributed by atoms with Crippen LogP contribution in [0.2, 0.25) is 5.02 Å². The van der Waals surface area contributed by atoms with Gasteiger partial charge in [-0.05, 0) is 80.5 Å². The van der Waals surface area contributed by atoms with Crippen molar-refractivity contribution in [3.63, 3.8) is 0 Å². The van der Waals surface area contributed by atoms with E-state index in [1.54, 1.807) is 0 Å². The Morgan fingerprint density at radius 1 is 1.29 bits per heavy atom. The van der Waals surface area contributed by atoms with Gasteiger partial charge in [-0.25, -0.2) is 0 Å². The Hall–Kier alpha value is -1.10. The molecular weight excluding hydrogens is 408 g/mol. The van der Waals surface area contributed by atoms with E-state index in [1.807, 2.05) is 18.2 Å². The molecule has 0 aliphatic heterocycles. The number of amides is 1. The zero-order valence-electron chi connectivity index (χ0n) is 19.2. The van der Waals surface area contributed by atoms with E-state index >= 15 is 0 Å². The molecule has 0 aromatic heterocycles. The van der Waals surface area contributed by atoms with Crippen LogP contribution in [0.5, 0.6) is 0 Å². The number of fused-ring (bicyclic) bond motifs is 2. The number of benzene rings is 1. The lowest BCUT2D eigenvalue weighted by atomic mass is 9.62. The standard InChI is InChI=1S/C25H39ClN2O2.CH2/c1-2-21(11-15-29)27-14-5-8-19-9-10-23(26)22(16-19)24(30)28-18-25-12-3-6-20(17-25)7-4-13-25;/h9-10,16,20-21,27,29H,2-8,11-15,17-18H2,1H3,(H,28,30);1H2. The number of nitrogens with one attached hydrogen (secondary N) is 2. The second kappa shape index (κ2) is 12.8. The molecule has 2 radical (unpaired) electrons. The largest absolute Gasteiger partial charge is 0.396 e. The summed E-state index contributed by atoms with van der Waals surface area (Å²) < 4.78 is 0. The van der Waals surface area contributed by atoms with Crippen LogP contribution in [0.3, 0.4) is 0 Å². The minimum Gasteiger partial charge on any atom is -0.396 e. The molecule has 174 valence electrons. The van der Waals surface area contributed by atoms with E-state index in [0.29, 0.717) is 22.0 Å². The molecule has 0 heterocycles. The fraction of sp³-hybridized carbons (Fsp3) is 0.692. The maximum Gasteiger partial charge on any atom is 0.252 e. The molecule has 3 N–H and O–H groups in total. The van der Waals surface area contributed by atoms with Crippen LogP contribution >= 0.6 is 11.6 Å². The lowest BCUT2D eigenvalue weighted by Gasteiger charge is -2.45. The highest BCUT2D eigenvalue weighted by molar-refractivity contribution is 6.33. The van der Waals surface area contributed by atoms with Crippen LogP contribution < -0.4 is 10.6 Å². The summed E-state index contributed by atoms with van der Waals surface area (Å²) in [6, 6.07) is 6.22. The van der Waals surface area contributed by atoms with E-state index in [0.717, 1.165) is 50.3 Å². The first-order chi connectivity index (χ1) is 14.5. The molecule has 2 aliphatic carbocycles. The number of aliphatic hydroxyl groups is 1. The van der Waals surface area contributed by atoms with Gasteiger partial charge in [0.1, 0.15) is 0 Å². The first-order valence-corrected chi connectivity index (χ1v) is 12.3. The van der Waals surface area contributed by atoms with Gasteiger partial charge in [-0.2, -0.15) is 0 Å². The molecule has 4 nitrogen and oxygen atoms in total. The summed E-state index contributed by atoms with van der Waals surface area (Å²) in [7, 11) is 0. The highest BCUT2D eigenvalue weighted by Crippen LogP contribution is 2.48. The summed E-state index contributed by atoms with van der Waals surface area (Å²) >= 11 is 6.38. The van der Waals surface area contributed by atoms with E-state index in [-0.39, 0.29) is 19.9 Å². The molecule has 1 aromatic rings. The smallest absolute Gasteiger partial charge is 0.252 e. The molecule has 2 aliphatic rings. The Balaban J connectivity index is 0.00000341. The maximum atomic E-state index is 12.9. The van der Waals surface area contributed by atoms with Crippen molar-refractivity contribution in [3.05, 3.63) is 41.8 Å². The van der Waals surface area contributed by atoms with Crippen LogP contribution in [0.4, 0.5) is 0 Å². The Morgan fingerprint density at radius 3 is 2.71 bits per heavy atom. The third-order valence-electron chi connectivity index (χ3n) is 7.31. The average molecular weight is 449 g/mol. The van der Waals surface area contributed by atoms with Gasteiger partial charge in [0.05, 0.1) is 10.6 Å². The van der Waals surface area contributed by atoms with Crippen molar-refractivity contribution < 1.29 is 9.90 Å². The van der Waals surface area contributed by atoms with Crippen LogP contribution in [0, 0.1) is 18.8 Å². The maximum absolute atomic E-state index is 12.9. The highest BCUT2D eigenvalue weighted by Gasteiger charge is 2.39. The summed E-state index contributed by atoms with van der Waals surface area (Å²) in [6.07, 6.45) is 12.9. The van der Waals surface area contributed by atoms with E-state index in [1.165, 1.54) is 44.9 Å². The third-order valence-corrected chi connectivity index (χ3v) is 7.64. The fourth-order valence-corrected chi connectivity index (χ4v) is 5.74.